The third-order valence-corrected chi connectivity index (χ3v) is 2.75. The largest absolute Gasteiger partial charge is 0.453 e. The van der Waals surface area contributed by atoms with Crippen molar-refractivity contribution in [3.05, 3.63) is 34.5 Å². The van der Waals surface area contributed by atoms with Crippen LogP contribution in [0, 0.1) is 6.92 Å². The summed E-state index contributed by atoms with van der Waals surface area (Å²) >= 11 is 6.02. The third-order valence-electron chi connectivity index (χ3n) is 2.42. The Morgan fingerprint density at radius 2 is 2.20 bits per heavy atom. The molecule has 0 amide bonds. The van der Waals surface area contributed by atoms with E-state index >= 15 is 0 Å². The van der Waals surface area contributed by atoms with Crippen LogP contribution in [0.4, 0.5) is 0 Å². The van der Waals surface area contributed by atoms with Gasteiger partial charge in [-0.2, -0.15) is 0 Å². The molecule has 1 heterocycles. The molecule has 0 fully saturated rings. The number of Topliss-reactive ketones (excluding diaryl/α,β-unsaturated/α-hetero) is 1. The van der Waals surface area contributed by atoms with Gasteiger partial charge in [0.05, 0.1) is 5.02 Å². The number of furan rings is 1. The fraction of sp³-hybridized carbons (Fsp3) is 0.250. The number of carbonyl (C=O) groups excluding carboxylic acids is 1. The van der Waals surface area contributed by atoms with Gasteiger partial charge in [-0.1, -0.05) is 24.6 Å². The first-order valence-corrected chi connectivity index (χ1v) is 5.23. The molecule has 0 saturated carbocycles. The van der Waals surface area contributed by atoms with Crippen molar-refractivity contribution in [3.8, 4) is 0 Å². The molecule has 78 valence electrons. The molecule has 0 N–H and O–H groups in total. The smallest absolute Gasteiger partial charge is 0.197 e. The standard InChI is InChI=1S/C12H11ClO2/c1-3-10(14)11-6-8-9(13)5-4-7(2)12(8)15-11/h4-6H,3H2,1-2H3. The van der Waals surface area contributed by atoms with Gasteiger partial charge in [0.15, 0.2) is 11.5 Å². The summed E-state index contributed by atoms with van der Waals surface area (Å²) in [7, 11) is 0. The predicted molar refractivity (Wildman–Crippen MR) is 60.6 cm³/mol. The zero-order valence-electron chi connectivity index (χ0n) is 8.63. The van der Waals surface area contributed by atoms with Crippen LogP contribution < -0.4 is 0 Å². The molecule has 0 saturated heterocycles. The topological polar surface area (TPSA) is 30.2 Å². The lowest BCUT2D eigenvalue weighted by Crippen LogP contribution is -1.92. The highest BCUT2D eigenvalue weighted by molar-refractivity contribution is 6.35. The number of halogens is 1. The quantitative estimate of drug-likeness (QED) is 0.720. The third kappa shape index (κ3) is 1.65. The van der Waals surface area contributed by atoms with E-state index in [0.717, 1.165) is 10.9 Å². The molecular weight excluding hydrogens is 212 g/mol. The average molecular weight is 223 g/mol. The summed E-state index contributed by atoms with van der Waals surface area (Å²) in [5.74, 6) is 0.394. The van der Waals surface area contributed by atoms with Gasteiger partial charge in [-0.05, 0) is 24.6 Å². The van der Waals surface area contributed by atoms with E-state index < -0.39 is 0 Å². The number of aryl methyl sites for hydroxylation is 1. The van der Waals surface area contributed by atoms with E-state index in [9.17, 15) is 4.79 Å². The van der Waals surface area contributed by atoms with Crippen molar-refractivity contribution in [1.29, 1.82) is 0 Å². The molecule has 2 rings (SSSR count). The molecule has 0 atom stereocenters. The van der Waals surface area contributed by atoms with Crippen molar-refractivity contribution in [2.75, 3.05) is 0 Å². The summed E-state index contributed by atoms with van der Waals surface area (Å²) in [6, 6.07) is 5.42. The van der Waals surface area contributed by atoms with E-state index in [1.165, 1.54) is 0 Å². The number of carbonyl (C=O) groups is 1. The molecule has 3 heteroatoms. The van der Waals surface area contributed by atoms with Crippen LogP contribution in [-0.2, 0) is 0 Å². The summed E-state index contributed by atoms with van der Waals surface area (Å²) in [4.78, 5) is 11.5. The van der Waals surface area contributed by atoms with Gasteiger partial charge in [0.25, 0.3) is 0 Å². The van der Waals surface area contributed by atoms with Crippen LogP contribution in [0.15, 0.2) is 22.6 Å². The van der Waals surface area contributed by atoms with Gasteiger partial charge >= 0.3 is 0 Å². The molecule has 0 aliphatic rings. The summed E-state index contributed by atoms with van der Waals surface area (Å²) < 4.78 is 5.50. The molecule has 0 spiro atoms. The Morgan fingerprint density at radius 3 is 2.80 bits per heavy atom. The minimum atomic E-state index is 0.00154. The lowest BCUT2D eigenvalue weighted by Gasteiger charge is -1.95. The Morgan fingerprint density at radius 1 is 1.47 bits per heavy atom. The minimum absolute atomic E-state index is 0.00154. The Hall–Kier alpha value is -1.28. The number of hydrogen-bond donors (Lipinski definition) is 0. The first kappa shape index (κ1) is 10.2. The van der Waals surface area contributed by atoms with Crippen LogP contribution in [0.5, 0.6) is 0 Å². The molecule has 1 aromatic carbocycles. The molecule has 0 aliphatic carbocycles. The van der Waals surface area contributed by atoms with E-state index in [-0.39, 0.29) is 5.78 Å². The van der Waals surface area contributed by atoms with Gasteiger partial charge in [0.1, 0.15) is 5.58 Å². The lowest BCUT2D eigenvalue weighted by atomic mass is 10.1. The summed E-state index contributed by atoms with van der Waals surface area (Å²) in [5, 5.41) is 1.43. The molecule has 0 bridgehead atoms. The fourth-order valence-corrected chi connectivity index (χ4v) is 1.74. The second-order valence-electron chi connectivity index (χ2n) is 3.49. The van der Waals surface area contributed by atoms with Gasteiger partial charge in [0.2, 0.25) is 0 Å². The van der Waals surface area contributed by atoms with Crippen LogP contribution >= 0.6 is 11.6 Å². The molecule has 0 unspecified atom stereocenters. The number of rotatable bonds is 2. The zero-order chi connectivity index (χ0) is 11.0. The van der Waals surface area contributed by atoms with Crippen molar-refractivity contribution in [1.82, 2.24) is 0 Å². The Labute approximate surface area is 92.8 Å². The second-order valence-corrected chi connectivity index (χ2v) is 3.90. The summed E-state index contributed by atoms with van der Waals surface area (Å²) in [6.07, 6.45) is 0.441. The zero-order valence-corrected chi connectivity index (χ0v) is 9.39. The van der Waals surface area contributed by atoms with Gasteiger partial charge in [-0.25, -0.2) is 0 Å². The maximum atomic E-state index is 11.5. The van der Waals surface area contributed by atoms with Crippen LogP contribution in [0.2, 0.25) is 5.02 Å². The SMILES string of the molecule is CCC(=O)c1cc2c(Cl)ccc(C)c2o1. The lowest BCUT2D eigenvalue weighted by molar-refractivity contribution is 0.0963. The summed E-state index contributed by atoms with van der Waals surface area (Å²) in [5.41, 5.74) is 1.70. The number of benzene rings is 1. The van der Waals surface area contributed by atoms with Crippen LogP contribution in [0.1, 0.15) is 29.5 Å². The van der Waals surface area contributed by atoms with Gasteiger partial charge in [-0.15, -0.1) is 0 Å². The van der Waals surface area contributed by atoms with Gasteiger partial charge < -0.3 is 4.42 Å². The van der Waals surface area contributed by atoms with Crippen LogP contribution in [0.25, 0.3) is 11.0 Å². The molecule has 2 nitrogen and oxygen atoms in total. The van der Waals surface area contributed by atoms with Crippen molar-refractivity contribution in [3.63, 3.8) is 0 Å². The minimum Gasteiger partial charge on any atom is -0.453 e. The fourth-order valence-electron chi connectivity index (χ4n) is 1.54. The molecule has 2 aromatic rings. The highest BCUT2D eigenvalue weighted by atomic mass is 35.5. The molecular formula is C12H11ClO2. The van der Waals surface area contributed by atoms with Crippen molar-refractivity contribution in [2.45, 2.75) is 20.3 Å². The Bertz CT molecular complexity index is 487. The molecule has 15 heavy (non-hydrogen) atoms. The number of fused-ring (bicyclic) bond motifs is 1. The highest BCUT2D eigenvalue weighted by Gasteiger charge is 2.13. The van der Waals surface area contributed by atoms with Gasteiger partial charge in [-0.3, -0.25) is 4.79 Å². The maximum Gasteiger partial charge on any atom is 0.197 e. The van der Waals surface area contributed by atoms with E-state index in [0.29, 0.717) is 22.8 Å². The van der Waals surface area contributed by atoms with Crippen molar-refractivity contribution < 1.29 is 9.21 Å². The first-order chi connectivity index (χ1) is 7.13. The second kappa shape index (κ2) is 3.70. The average Bonchev–Trinajstić information content (AvgIpc) is 2.68. The monoisotopic (exact) mass is 222 g/mol. The number of ketones is 1. The molecule has 1 aromatic heterocycles. The number of hydrogen-bond acceptors (Lipinski definition) is 2. The van der Waals surface area contributed by atoms with E-state index in [1.54, 1.807) is 6.07 Å². The van der Waals surface area contributed by atoms with E-state index in [2.05, 4.69) is 0 Å². The first-order valence-electron chi connectivity index (χ1n) is 4.85. The van der Waals surface area contributed by atoms with Crippen molar-refractivity contribution in [2.24, 2.45) is 0 Å². The Balaban J connectivity index is 2.70. The maximum absolute atomic E-state index is 11.5. The van der Waals surface area contributed by atoms with E-state index in [4.69, 9.17) is 16.0 Å². The predicted octanol–water partition coefficient (Wildman–Crippen LogP) is 3.99. The van der Waals surface area contributed by atoms with Crippen LogP contribution in [0.3, 0.4) is 0 Å². The molecule has 0 radical (unpaired) electrons. The highest BCUT2D eigenvalue weighted by Crippen LogP contribution is 2.29. The Kier molecular flexibility index (Phi) is 2.53. The summed E-state index contributed by atoms with van der Waals surface area (Å²) in [6.45, 7) is 3.74. The molecule has 0 aliphatic heterocycles. The van der Waals surface area contributed by atoms with Crippen LogP contribution in [-0.4, -0.2) is 5.78 Å². The normalized spacial score (nSPS) is 10.9. The van der Waals surface area contributed by atoms with Crippen molar-refractivity contribution >= 4 is 28.4 Å². The van der Waals surface area contributed by atoms with Gasteiger partial charge in [0, 0.05) is 11.8 Å². The van der Waals surface area contributed by atoms with E-state index in [1.807, 2.05) is 26.0 Å².